The molecule has 5 nitrogen and oxygen atoms in total. The van der Waals surface area contributed by atoms with E-state index in [0.29, 0.717) is 24.5 Å². The average molecular weight is 413 g/mol. The highest BCUT2D eigenvalue weighted by molar-refractivity contribution is 7.10. The van der Waals surface area contributed by atoms with Crippen molar-refractivity contribution in [2.45, 2.75) is 26.1 Å². The second kappa shape index (κ2) is 8.16. The number of fused-ring (bicyclic) bond motifs is 1. The van der Waals surface area contributed by atoms with Crippen LogP contribution < -0.4 is 9.64 Å². The standard InChI is InChI=1S/C21H20N2O3S2/c1-15(24)23-14-20(26-19-9-3-2-8-18(19)23)21(25)22(12-16-6-4-10-27-16)13-17-7-5-11-28-17/h2-11,20H,12-14H2,1H3/t20-/m0/s1. The summed E-state index contributed by atoms with van der Waals surface area (Å²) in [6, 6.07) is 15.4. The molecular formula is C21H20N2O3S2. The Hall–Kier alpha value is -2.64. The highest BCUT2D eigenvalue weighted by Crippen LogP contribution is 2.34. The number of thiophene rings is 2. The second-order valence-corrected chi connectivity index (χ2v) is 8.62. The number of carbonyl (C=O) groups is 2. The van der Waals surface area contributed by atoms with Crippen LogP contribution in [0.2, 0.25) is 0 Å². The maximum atomic E-state index is 13.4. The molecule has 0 saturated carbocycles. The molecule has 0 N–H and O–H groups in total. The highest BCUT2D eigenvalue weighted by atomic mass is 32.1. The van der Waals surface area contributed by atoms with Gasteiger partial charge >= 0.3 is 0 Å². The van der Waals surface area contributed by atoms with Crippen LogP contribution >= 0.6 is 22.7 Å². The summed E-state index contributed by atoms with van der Waals surface area (Å²) < 4.78 is 6.02. The van der Waals surface area contributed by atoms with E-state index in [1.807, 2.05) is 58.1 Å². The summed E-state index contributed by atoms with van der Waals surface area (Å²) in [5, 5.41) is 4.02. The van der Waals surface area contributed by atoms with Gasteiger partial charge in [-0.25, -0.2) is 0 Å². The molecular weight excluding hydrogens is 392 g/mol. The van der Waals surface area contributed by atoms with E-state index in [0.717, 1.165) is 9.75 Å². The first-order chi connectivity index (χ1) is 13.6. The average Bonchev–Trinajstić information content (AvgIpc) is 3.40. The fourth-order valence-corrected chi connectivity index (χ4v) is 4.70. The molecule has 0 bridgehead atoms. The van der Waals surface area contributed by atoms with Gasteiger partial charge in [-0.15, -0.1) is 22.7 Å². The minimum absolute atomic E-state index is 0.100. The van der Waals surface area contributed by atoms with Gasteiger partial charge in [-0.2, -0.15) is 0 Å². The number of para-hydroxylation sites is 2. The van der Waals surface area contributed by atoms with Crippen LogP contribution in [0.5, 0.6) is 5.75 Å². The number of amides is 2. The Bertz CT molecular complexity index is 918. The summed E-state index contributed by atoms with van der Waals surface area (Å²) in [6.07, 6.45) is -0.723. The maximum absolute atomic E-state index is 13.4. The molecule has 3 aromatic rings. The fraction of sp³-hybridized carbons (Fsp3) is 0.238. The molecule has 1 aliphatic rings. The van der Waals surface area contributed by atoms with Crippen molar-refractivity contribution in [2.24, 2.45) is 0 Å². The Morgan fingerprint density at radius 3 is 2.25 bits per heavy atom. The molecule has 0 unspecified atom stereocenters. The molecule has 2 aromatic heterocycles. The Labute approximate surface area is 171 Å². The van der Waals surface area contributed by atoms with Crippen molar-refractivity contribution in [3.05, 3.63) is 69.0 Å². The minimum atomic E-state index is -0.723. The lowest BCUT2D eigenvalue weighted by atomic mass is 10.1. The zero-order chi connectivity index (χ0) is 19.5. The fourth-order valence-electron chi connectivity index (χ4n) is 3.26. The third kappa shape index (κ3) is 3.95. The smallest absolute Gasteiger partial charge is 0.266 e. The van der Waals surface area contributed by atoms with Crippen LogP contribution in [0.3, 0.4) is 0 Å². The van der Waals surface area contributed by atoms with Gasteiger partial charge in [-0.3, -0.25) is 9.59 Å². The van der Waals surface area contributed by atoms with Crippen LogP contribution in [0.15, 0.2) is 59.3 Å². The minimum Gasteiger partial charge on any atom is -0.476 e. The molecule has 0 aliphatic carbocycles. The van der Waals surface area contributed by atoms with Crippen molar-refractivity contribution in [3.8, 4) is 5.75 Å². The van der Waals surface area contributed by atoms with Crippen LogP contribution in [-0.4, -0.2) is 29.4 Å². The molecule has 2 amide bonds. The number of hydrogen-bond acceptors (Lipinski definition) is 5. The molecule has 0 fully saturated rings. The normalized spacial score (nSPS) is 15.6. The zero-order valence-electron chi connectivity index (χ0n) is 15.4. The lowest BCUT2D eigenvalue weighted by Gasteiger charge is -2.36. The molecule has 4 rings (SSSR count). The third-order valence-electron chi connectivity index (χ3n) is 4.59. The van der Waals surface area contributed by atoms with Gasteiger partial charge in [0.15, 0.2) is 6.10 Å². The van der Waals surface area contributed by atoms with E-state index in [1.165, 1.54) is 6.92 Å². The van der Waals surface area contributed by atoms with Gasteiger partial charge < -0.3 is 14.5 Å². The van der Waals surface area contributed by atoms with Crippen molar-refractivity contribution in [1.82, 2.24) is 4.90 Å². The molecule has 0 saturated heterocycles. The number of ether oxygens (including phenoxy) is 1. The lowest BCUT2D eigenvalue weighted by molar-refractivity contribution is -0.140. The van der Waals surface area contributed by atoms with Gasteiger partial charge in [0, 0.05) is 16.7 Å². The first-order valence-corrected chi connectivity index (χ1v) is 10.7. The van der Waals surface area contributed by atoms with Gasteiger partial charge in [0.1, 0.15) is 5.75 Å². The monoisotopic (exact) mass is 412 g/mol. The van der Waals surface area contributed by atoms with Crippen molar-refractivity contribution >= 4 is 40.2 Å². The number of nitrogens with zero attached hydrogens (tertiary/aromatic N) is 2. The van der Waals surface area contributed by atoms with E-state index < -0.39 is 6.10 Å². The van der Waals surface area contributed by atoms with Crippen LogP contribution in [-0.2, 0) is 22.7 Å². The van der Waals surface area contributed by atoms with E-state index >= 15 is 0 Å². The zero-order valence-corrected chi connectivity index (χ0v) is 17.0. The molecule has 144 valence electrons. The molecule has 1 aromatic carbocycles. The van der Waals surface area contributed by atoms with Gasteiger partial charge in [-0.05, 0) is 35.0 Å². The van der Waals surface area contributed by atoms with Gasteiger partial charge in [0.05, 0.1) is 25.3 Å². The quantitative estimate of drug-likeness (QED) is 0.632. The summed E-state index contributed by atoms with van der Waals surface area (Å²) in [7, 11) is 0. The third-order valence-corrected chi connectivity index (χ3v) is 6.32. The number of hydrogen-bond donors (Lipinski definition) is 0. The number of rotatable bonds is 5. The summed E-state index contributed by atoms with van der Waals surface area (Å²) >= 11 is 3.25. The van der Waals surface area contributed by atoms with E-state index in [1.54, 1.807) is 33.6 Å². The maximum Gasteiger partial charge on any atom is 0.266 e. The number of benzene rings is 1. The van der Waals surface area contributed by atoms with E-state index in [4.69, 9.17) is 4.74 Å². The molecule has 3 heterocycles. The molecule has 0 spiro atoms. The number of anilines is 1. The molecule has 7 heteroatoms. The Kier molecular flexibility index (Phi) is 5.45. The van der Waals surface area contributed by atoms with Crippen LogP contribution in [0, 0.1) is 0 Å². The van der Waals surface area contributed by atoms with Crippen LogP contribution in [0.4, 0.5) is 5.69 Å². The molecule has 1 aliphatic heterocycles. The Morgan fingerprint density at radius 2 is 1.68 bits per heavy atom. The topological polar surface area (TPSA) is 49.9 Å². The van der Waals surface area contributed by atoms with Crippen molar-refractivity contribution in [3.63, 3.8) is 0 Å². The van der Waals surface area contributed by atoms with E-state index in [-0.39, 0.29) is 18.4 Å². The summed E-state index contributed by atoms with van der Waals surface area (Å²) in [4.78, 5) is 31.2. The van der Waals surface area contributed by atoms with E-state index in [2.05, 4.69) is 0 Å². The van der Waals surface area contributed by atoms with E-state index in [9.17, 15) is 9.59 Å². The highest BCUT2D eigenvalue weighted by Gasteiger charge is 2.35. The Balaban J connectivity index is 1.60. The van der Waals surface area contributed by atoms with Crippen molar-refractivity contribution < 1.29 is 14.3 Å². The predicted molar refractivity (Wildman–Crippen MR) is 112 cm³/mol. The number of carbonyl (C=O) groups excluding carboxylic acids is 2. The van der Waals surface area contributed by atoms with Crippen molar-refractivity contribution in [1.29, 1.82) is 0 Å². The summed E-state index contributed by atoms with van der Waals surface area (Å²) in [5.74, 6) is 0.355. The largest absolute Gasteiger partial charge is 0.476 e. The van der Waals surface area contributed by atoms with Gasteiger partial charge in [0.25, 0.3) is 5.91 Å². The molecule has 1 atom stereocenters. The predicted octanol–water partition coefficient (Wildman–Crippen LogP) is 4.15. The second-order valence-electron chi connectivity index (χ2n) is 6.56. The van der Waals surface area contributed by atoms with Gasteiger partial charge in [-0.1, -0.05) is 24.3 Å². The SMILES string of the molecule is CC(=O)N1C[C@@H](C(=O)N(Cc2cccs2)Cc2cccs2)Oc2ccccc21. The van der Waals surface area contributed by atoms with Gasteiger partial charge in [0.2, 0.25) is 5.91 Å². The van der Waals surface area contributed by atoms with Crippen molar-refractivity contribution in [2.75, 3.05) is 11.4 Å². The summed E-state index contributed by atoms with van der Waals surface area (Å²) in [6.45, 7) is 2.78. The van der Waals surface area contributed by atoms with Crippen LogP contribution in [0.25, 0.3) is 0 Å². The molecule has 0 radical (unpaired) electrons. The molecule has 28 heavy (non-hydrogen) atoms. The Morgan fingerprint density at radius 1 is 1.04 bits per heavy atom. The lowest BCUT2D eigenvalue weighted by Crippen LogP contribution is -2.51. The first-order valence-electron chi connectivity index (χ1n) is 8.99. The summed E-state index contributed by atoms with van der Waals surface area (Å²) in [5.41, 5.74) is 0.710. The van der Waals surface area contributed by atoms with Crippen LogP contribution in [0.1, 0.15) is 16.7 Å². The first kappa shape index (κ1) is 18.7.